The van der Waals surface area contributed by atoms with Gasteiger partial charge >= 0.3 is 5.97 Å². The maximum atomic E-state index is 10.8. The van der Waals surface area contributed by atoms with E-state index in [2.05, 4.69) is 29.1 Å². The standard InChI is InChI=1S/C18H33N3O2/c1-2-3-4-5-6-7-8-9-10-11-12-13-14-15-16-17(18(22)23)20-21-19/h9-10,17H,2-8,11-16H2,1H3,(H,22,23)/b10-9-. The predicted molar refractivity (Wildman–Crippen MR) is 95.4 cm³/mol. The zero-order chi connectivity index (χ0) is 17.2. The third-order valence-corrected chi connectivity index (χ3v) is 3.97. The van der Waals surface area contributed by atoms with Gasteiger partial charge in [-0.25, -0.2) is 0 Å². The van der Waals surface area contributed by atoms with E-state index < -0.39 is 12.0 Å². The lowest BCUT2D eigenvalue weighted by molar-refractivity contribution is -0.138. The van der Waals surface area contributed by atoms with E-state index in [4.69, 9.17) is 10.6 Å². The van der Waals surface area contributed by atoms with Gasteiger partial charge in [-0.05, 0) is 37.6 Å². The maximum Gasteiger partial charge on any atom is 0.312 e. The maximum absolute atomic E-state index is 10.8. The van der Waals surface area contributed by atoms with E-state index >= 15 is 0 Å². The van der Waals surface area contributed by atoms with Crippen molar-refractivity contribution in [2.45, 2.75) is 96.4 Å². The number of carboxylic acids is 1. The Balaban J connectivity index is 3.36. The van der Waals surface area contributed by atoms with Crippen LogP contribution in [-0.2, 0) is 4.79 Å². The highest BCUT2D eigenvalue weighted by Gasteiger charge is 2.13. The van der Waals surface area contributed by atoms with E-state index in [1.54, 1.807) is 0 Å². The number of rotatable bonds is 16. The molecule has 23 heavy (non-hydrogen) atoms. The highest BCUT2D eigenvalue weighted by molar-refractivity contribution is 5.73. The molecule has 132 valence electrons. The molecule has 0 radical (unpaired) electrons. The number of carboxylic acid groups (broad SMARTS) is 1. The molecule has 0 aromatic heterocycles. The van der Waals surface area contributed by atoms with Crippen LogP contribution in [0.4, 0.5) is 0 Å². The number of hydrogen-bond acceptors (Lipinski definition) is 2. The molecule has 1 atom stereocenters. The van der Waals surface area contributed by atoms with E-state index in [1.165, 1.54) is 44.9 Å². The van der Waals surface area contributed by atoms with Gasteiger partial charge in [-0.15, -0.1) is 0 Å². The molecule has 0 aliphatic heterocycles. The molecule has 0 bridgehead atoms. The van der Waals surface area contributed by atoms with Gasteiger partial charge in [-0.2, -0.15) is 0 Å². The van der Waals surface area contributed by atoms with E-state index in [0.717, 1.165) is 32.1 Å². The van der Waals surface area contributed by atoms with Gasteiger partial charge < -0.3 is 5.11 Å². The quantitative estimate of drug-likeness (QED) is 0.117. The second kappa shape index (κ2) is 16.9. The van der Waals surface area contributed by atoms with Crippen molar-refractivity contribution < 1.29 is 9.90 Å². The normalized spacial score (nSPS) is 12.2. The van der Waals surface area contributed by atoms with E-state index in [9.17, 15) is 4.79 Å². The number of carbonyl (C=O) groups is 1. The molecule has 5 heteroatoms. The molecule has 0 amide bonds. The molecule has 0 aliphatic carbocycles. The van der Waals surface area contributed by atoms with Crippen LogP contribution >= 0.6 is 0 Å². The number of unbranched alkanes of at least 4 members (excludes halogenated alkanes) is 10. The van der Waals surface area contributed by atoms with E-state index in [-0.39, 0.29) is 0 Å². The van der Waals surface area contributed by atoms with Gasteiger partial charge in [-0.1, -0.05) is 75.6 Å². The van der Waals surface area contributed by atoms with Crippen molar-refractivity contribution in [2.24, 2.45) is 5.11 Å². The number of nitrogens with zero attached hydrogens (tertiary/aromatic N) is 3. The zero-order valence-electron chi connectivity index (χ0n) is 14.6. The Morgan fingerprint density at radius 2 is 1.52 bits per heavy atom. The van der Waals surface area contributed by atoms with E-state index in [1.807, 2.05) is 0 Å². The summed E-state index contributed by atoms with van der Waals surface area (Å²) >= 11 is 0. The van der Waals surface area contributed by atoms with Crippen LogP contribution in [0.5, 0.6) is 0 Å². The van der Waals surface area contributed by atoms with Gasteiger partial charge in [-0.3, -0.25) is 4.79 Å². The van der Waals surface area contributed by atoms with Crippen molar-refractivity contribution >= 4 is 5.97 Å². The van der Waals surface area contributed by atoms with Crippen molar-refractivity contribution in [3.63, 3.8) is 0 Å². The molecule has 0 fully saturated rings. The molecule has 0 heterocycles. The Morgan fingerprint density at radius 3 is 2.04 bits per heavy atom. The molecule has 0 aromatic carbocycles. The summed E-state index contributed by atoms with van der Waals surface area (Å²) in [4.78, 5) is 13.4. The van der Waals surface area contributed by atoms with Crippen LogP contribution in [0.15, 0.2) is 17.3 Å². The Kier molecular flexibility index (Phi) is 15.8. The monoisotopic (exact) mass is 323 g/mol. The van der Waals surface area contributed by atoms with Crippen molar-refractivity contribution in [1.29, 1.82) is 0 Å². The number of aliphatic carboxylic acids is 1. The largest absolute Gasteiger partial charge is 0.481 e. The molecule has 0 aliphatic rings. The van der Waals surface area contributed by atoms with Crippen LogP contribution in [-0.4, -0.2) is 17.1 Å². The number of allylic oxidation sites excluding steroid dienone is 2. The van der Waals surface area contributed by atoms with Crippen LogP contribution in [0.25, 0.3) is 10.4 Å². The molecular weight excluding hydrogens is 290 g/mol. The van der Waals surface area contributed by atoms with E-state index in [0.29, 0.717) is 6.42 Å². The fourth-order valence-electron chi connectivity index (χ4n) is 2.52. The molecule has 1 N–H and O–H groups in total. The molecule has 0 aromatic rings. The minimum Gasteiger partial charge on any atom is -0.481 e. The minimum absolute atomic E-state index is 0.438. The van der Waals surface area contributed by atoms with Crippen LogP contribution < -0.4 is 0 Å². The molecule has 0 saturated heterocycles. The summed E-state index contributed by atoms with van der Waals surface area (Å²) in [6.07, 6.45) is 19.4. The second-order valence-corrected chi connectivity index (χ2v) is 6.08. The molecule has 0 rings (SSSR count). The Morgan fingerprint density at radius 1 is 1.00 bits per heavy atom. The summed E-state index contributed by atoms with van der Waals surface area (Å²) in [5, 5.41) is 12.1. The van der Waals surface area contributed by atoms with Crippen molar-refractivity contribution in [3.05, 3.63) is 22.6 Å². The lowest BCUT2D eigenvalue weighted by Crippen LogP contribution is -2.16. The first kappa shape index (κ1) is 21.5. The fraction of sp³-hybridized carbons (Fsp3) is 0.833. The minimum atomic E-state index is -1.03. The average molecular weight is 323 g/mol. The van der Waals surface area contributed by atoms with Gasteiger partial charge in [0.2, 0.25) is 0 Å². The predicted octanol–water partition coefficient (Wildman–Crippen LogP) is 6.40. The summed E-state index contributed by atoms with van der Waals surface area (Å²) in [5.41, 5.74) is 8.29. The summed E-state index contributed by atoms with van der Waals surface area (Å²) in [5.74, 6) is -1.03. The lowest BCUT2D eigenvalue weighted by Gasteiger charge is -2.04. The lowest BCUT2D eigenvalue weighted by atomic mass is 10.1. The molecule has 1 unspecified atom stereocenters. The van der Waals surface area contributed by atoms with Gasteiger partial charge in [0.05, 0.1) is 0 Å². The van der Waals surface area contributed by atoms with Gasteiger partial charge in [0.25, 0.3) is 0 Å². The Bertz CT molecular complexity index is 361. The molecular formula is C18H33N3O2. The van der Waals surface area contributed by atoms with Gasteiger partial charge in [0.15, 0.2) is 0 Å². The average Bonchev–Trinajstić information content (AvgIpc) is 2.54. The third kappa shape index (κ3) is 15.2. The molecule has 5 nitrogen and oxygen atoms in total. The second-order valence-electron chi connectivity index (χ2n) is 6.08. The first-order valence-electron chi connectivity index (χ1n) is 9.14. The highest BCUT2D eigenvalue weighted by atomic mass is 16.4. The third-order valence-electron chi connectivity index (χ3n) is 3.97. The Hall–Kier alpha value is -1.48. The van der Waals surface area contributed by atoms with Crippen LogP contribution in [0.1, 0.15) is 90.4 Å². The Labute approximate surface area is 140 Å². The van der Waals surface area contributed by atoms with Crippen LogP contribution in [0.3, 0.4) is 0 Å². The fourth-order valence-corrected chi connectivity index (χ4v) is 2.52. The molecule has 0 spiro atoms. The summed E-state index contributed by atoms with van der Waals surface area (Å²) in [7, 11) is 0. The van der Waals surface area contributed by atoms with Crippen LogP contribution in [0, 0.1) is 0 Å². The van der Waals surface area contributed by atoms with Crippen molar-refractivity contribution in [2.75, 3.05) is 0 Å². The summed E-state index contributed by atoms with van der Waals surface area (Å²) < 4.78 is 0. The van der Waals surface area contributed by atoms with Crippen molar-refractivity contribution in [1.82, 2.24) is 0 Å². The smallest absolute Gasteiger partial charge is 0.312 e. The first-order chi connectivity index (χ1) is 11.2. The van der Waals surface area contributed by atoms with Gasteiger partial charge in [0, 0.05) is 4.91 Å². The van der Waals surface area contributed by atoms with Crippen LogP contribution in [0.2, 0.25) is 0 Å². The summed E-state index contributed by atoms with van der Waals surface area (Å²) in [6.45, 7) is 2.24. The number of azide groups is 1. The zero-order valence-corrected chi connectivity index (χ0v) is 14.6. The van der Waals surface area contributed by atoms with Gasteiger partial charge in [0.1, 0.15) is 6.04 Å². The molecule has 0 saturated carbocycles. The topological polar surface area (TPSA) is 86.1 Å². The van der Waals surface area contributed by atoms with Crippen molar-refractivity contribution in [3.8, 4) is 0 Å². The first-order valence-corrected chi connectivity index (χ1v) is 9.14. The number of hydrogen-bond donors (Lipinski definition) is 1. The summed E-state index contributed by atoms with van der Waals surface area (Å²) in [6, 6.07) is -0.905. The highest BCUT2D eigenvalue weighted by Crippen LogP contribution is 2.11. The SMILES string of the molecule is CCCCCCCC/C=C\CCCCCCC(N=[N+]=[N-])C(=O)O.